The number of hydrogen-bond donors (Lipinski definition) is 7. The van der Waals surface area contributed by atoms with Gasteiger partial charge in [-0.1, -0.05) is 49.7 Å². The minimum atomic E-state index is -1.36. The lowest BCUT2D eigenvalue weighted by molar-refractivity contribution is -0.142. The minimum absolute atomic E-state index is 0.0150. The number of nitrogens with one attached hydrogen (secondary N) is 4. The number of nitriles is 1. The molecule has 4 atom stereocenters. The highest BCUT2D eigenvalue weighted by molar-refractivity contribution is 5.98. The van der Waals surface area contributed by atoms with Gasteiger partial charge in [0.25, 0.3) is 0 Å². The molecule has 1 heterocycles. The van der Waals surface area contributed by atoms with Gasteiger partial charge in [0.1, 0.15) is 55.4 Å². The Morgan fingerprint density at radius 1 is 0.933 bits per heavy atom. The molecular weight excluding hydrogens is 767 g/mol. The molecule has 4 rings (SSSR count). The molecule has 60 heavy (non-hydrogen) atoms. The van der Waals surface area contributed by atoms with Gasteiger partial charge in [-0.25, -0.2) is 0 Å². The molecule has 0 saturated heterocycles. The van der Waals surface area contributed by atoms with Crippen LogP contribution in [-0.2, 0) is 36.8 Å². The van der Waals surface area contributed by atoms with E-state index in [9.17, 15) is 24.0 Å². The van der Waals surface area contributed by atoms with Crippen LogP contribution in [0.3, 0.4) is 0 Å². The molecule has 0 aliphatic carbocycles. The first-order valence-electron chi connectivity index (χ1n) is 20.2. The molecule has 16 nitrogen and oxygen atoms in total. The lowest BCUT2D eigenvalue weighted by atomic mass is 9.93. The van der Waals surface area contributed by atoms with Crippen LogP contribution < -0.4 is 47.9 Å². The summed E-state index contributed by atoms with van der Waals surface area (Å²) in [5, 5.41) is 19.8. The maximum Gasteiger partial charge on any atom is 0.248 e. The van der Waals surface area contributed by atoms with Gasteiger partial charge in [0, 0.05) is 43.8 Å². The van der Waals surface area contributed by atoms with Crippen molar-refractivity contribution in [1.29, 1.82) is 5.26 Å². The van der Waals surface area contributed by atoms with Crippen molar-refractivity contribution >= 4 is 35.6 Å². The van der Waals surface area contributed by atoms with Crippen LogP contribution in [0.5, 0.6) is 11.5 Å². The number of ether oxygens (including phenoxy) is 2. The predicted octanol–water partition coefficient (Wildman–Crippen LogP) is 1.60. The average molecular weight is 824 g/mol. The molecule has 0 unspecified atom stereocenters. The maximum atomic E-state index is 14.4. The molecule has 0 aromatic heterocycles. The zero-order valence-corrected chi connectivity index (χ0v) is 34.5. The van der Waals surface area contributed by atoms with Gasteiger partial charge < -0.3 is 52.8 Å². The first-order chi connectivity index (χ1) is 28.9. The number of carbonyl (C=O) groups is 5. The van der Waals surface area contributed by atoms with Crippen molar-refractivity contribution in [2.75, 3.05) is 46.4 Å². The Morgan fingerprint density at radius 2 is 1.60 bits per heavy atom. The van der Waals surface area contributed by atoms with Gasteiger partial charge in [-0.3, -0.25) is 24.0 Å². The zero-order chi connectivity index (χ0) is 43.6. The van der Waals surface area contributed by atoms with Gasteiger partial charge in [0.2, 0.25) is 29.5 Å². The molecule has 1 aliphatic rings. The van der Waals surface area contributed by atoms with Crippen LogP contribution in [-0.4, -0.2) is 99.0 Å². The summed E-state index contributed by atoms with van der Waals surface area (Å²) in [6.45, 7) is 4.06. The number of nitrogens with two attached hydrogens (primary N) is 3. The van der Waals surface area contributed by atoms with E-state index in [1.807, 2.05) is 30.3 Å². The Hall–Kier alpha value is -6.28. The largest absolute Gasteiger partial charge is 0.492 e. The van der Waals surface area contributed by atoms with Gasteiger partial charge >= 0.3 is 0 Å². The van der Waals surface area contributed by atoms with Gasteiger partial charge in [0.05, 0.1) is 6.07 Å². The number of likely N-dealkylation sites (N-methyl/N-ethyl adjacent to an activating group) is 1. The van der Waals surface area contributed by atoms with Crippen LogP contribution in [0, 0.1) is 11.3 Å². The Kier molecular flexibility index (Phi) is 18.1. The molecule has 320 valence electrons. The quantitative estimate of drug-likeness (QED) is 0.0717. The Labute approximate surface area is 351 Å². The summed E-state index contributed by atoms with van der Waals surface area (Å²) in [7, 11) is 1.43. The van der Waals surface area contributed by atoms with Crippen LogP contribution in [0.15, 0.2) is 66.7 Å². The third kappa shape index (κ3) is 12.9. The van der Waals surface area contributed by atoms with E-state index in [0.717, 1.165) is 24.8 Å². The molecule has 0 spiro atoms. The van der Waals surface area contributed by atoms with Gasteiger partial charge in [0.15, 0.2) is 0 Å². The third-order valence-corrected chi connectivity index (χ3v) is 9.85. The topological polar surface area (TPSA) is 257 Å². The first kappa shape index (κ1) is 46.4. The normalized spacial score (nSPS) is 17.0. The molecule has 5 amide bonds. The highest BCUT2D eigenvalue weighted by Gasteiger charge is 2.36. The molecule has 16 heteroatoms. The average Bonchev–Trinajstić information content (AvgIpc) is 3.25. The van der Waals surface area contributed by atoms with Crippen LogP contribution in [0.2, 0.25) is 0 Å². The van der Waals surface area contributed by atoms with Crippen molar-refractivity contribution < 1.29 is 33.4 Å². The second-order valence-corrected chi connectivity index (χ2v) is 14.4. The number of nitrogens with zero attached hydrogens (tertiary/aromatic N) is 2. The number of carbonyl (C=O) groups excluding carboxylic acids is 5. The summed E-state index contributed by atoms with van der Waals surface area (Å²) in [4.78, 5) is 70.1. The molecule has 3 aromatic rings. The number of benzene rings is 3. The van der Waals surface area contributed by atoms with Crippen molar-refractivity contribution in [2.45, 2.75) is 70.1 Å². The highest BCUT2D eigenvalue weighted by atomic mass is 16.5. The van der Waals surface area contributed by atoms with Crippen molar-refractivity contribution in [3.8, 4) is 28.7 Å². The smallest absolute Gasteiger partial charge is 0.248 e. The highest BCUT2D eigenvalue weighted by Crippen LogP contribution is 2.40. The number of aryl methyl sites for hydroxylation is 1. The second-order valence-electron chi connectivity index (χ2n) is 14.4. The Balaban J connectivity index is 1.79. The summed E-state index contributed by atoms with van der Waals surface area (Å²) in [6.07, 6.45) is 6.20. The molecule has 10 N–H and O–H groups in total. The van der Waals surface area contributed by atoms with Gasteiger partial charge in [-0.15, -0.1) is 0 Å². The fraction of sp³-hybridized carbons (Fsp3) is 0.409. The fourth-order valence-electron chi connectivity index (χ4n) is 6.70. The monoisotopic (exact) mass is 823 g/mol. The fourth-order valence-corrected chi connectivity index (χ4v) is 6.70. The van der Waals surface area contributed by atoms with Crippen LogP contribution in [0.25, 0.3) is 17.2 Å². The Morgan fingerprint density at radius 3 is 2.23 bits per heavy atom. The van der Waals surface area contributed by atoms with E-state index in [4.69, 9.17) is 31.9 Å². The summed E-state index contributed by atoms with van der Waals surface area (Å²) in [6, 6.07) is 15.1. The number of amides is 5. The van der Waals surface area contributed by atoms with Crippen molar-refractivity contribution in [2.24, 2.45) is 17.2 Å². The van der Waals surface area contributed by atoms with E-state index in [1.54, 1.807) is 42.5 Å². The summed E-state index contributed by atoms with van der Waals surface area (Å²) < 4.78 is 12.1. The van der Waals surface area contributed by atoms with E-state index in [2.05, 4.69) is 28.2 Å². The molecule has 1 aliphatic heterocycles. The van der Waals surface area contributed by atoms with Gasteiger partial charge in [-0.2, -0.15) is 5.26 Å². The van der Waals surface area contributed by atoms with Crippen LogP contribution in [0.4, 0.5) is 0 Å². The molecular formula is C44H57N9O7. The summed E-state index contributed by atoms with van der Waals surface area (Å²) >= 11 is 0. The number of rotatable bonds is 18. The summed E-state index contributed by atoms with van der Waals surface area (Å²) in [5.41, 5.74) is 21.5. The predicted molar refractivity (Wildman–Crippen MR) is 228 cm³/mol. The summed E-state index contributed by atoms with van der Waals surface area (Å²) in [5.74, 6) is -2.38. The molecule has 0 fully saturated rings. The maximum absolute atomic E-state index is 14.4. The standard InChI is InChI=1S/C44H57N9O7/c1-4-5-6-29-7-9-30(10-8-29)12-16-39(54)51-35(17-18-45)44(58)53(3)40-32-13-15-38(60-24-21-48)34(27-32)33-25-31(11-14-37(33)59-23-20-47)26-36(42(56)49-22-19-46)52-41(55)28(2)50-43(40)57/h7-16,25,27-28,35-36,40H,4-6,17-18,20-24,26,45,47-48H2,1-3H3,(H,49,56)(H,50,57)(H,51,54)(H,52,55)/b16-12+/t28-,35-,36-,40-/m0/s1. The van der Waals surface area contributed by atoms with Crippen molar-refractivity contribution in [1.82, 2.24) is 26.2 Å². The van der Waals surface area contributed by atoms with Crippen LogP contribution >= 0.6 is 0 Å². The number of unbranched alkanes of at least 4 members (excludes halogenated alkanes) is 1. The lowest BCUT2D eigenvalue weighted by Gasteiger charge is -2.32. The van der Waals surface area contributed by atoms with Crippen molar-refractivity contribution in [3.63, 3.8) is 0 Å². The lowest BCUT2D eigenvalue weighted by Crippen LogP contribution is -2.56. The second kappa shape index (κ2) is 23.3. The van der Waals surface area contributed by atoms with E-state index < -0.39 is 53.7 Å². The number of fused-ring (bicyclic) bond motifs is 5. The van der Waals surface area contributed by atoms with Crippen LogP contribution in [0.1, 0.15) is 61.4 Å². The molecule has 3 aromatic carbocycles. The molecule has 4 bridgehead atoms. The van der Waals surface area contributed by atoms with Gasteiger partial charge in [-0.05, 0) is 85.3 Å². The van der Waals surface area contributed by atoms with Crippen molar-refractivity contribution in [3.05, 3.63) is 89.0 Å². The minimum Gasteiger partial charge on any atom is -0.492 e. The zero-order valence-electron chi connectivity index (χ0n) is 34.5. The third-order valence-electron chi connectivity index (χ3n) is 9.85. The molecule has 0 saturated carbocycles. The van der Waals surface area contributed by atoms with E-state index >= 15 is 0 Å². The van der Waals surface area contributed by atoms with E-state index in [-0.39, 0.29) is 52.2 Å². The van der Waals surface area contributed by atoms with E-state index in [0.29, 0.717) is 33.8 Å². The first-order valence-corrected chi connectivity index (χ1v) is 20.2. The number of hydrogen-bond acceptors (Lipinski definition) is 11. The SMILES string of the molecule is CCCCc1ccc(/C=C/C(=O)N[C@@H](CCN)C(=O)N(C)[C@@H]2C(=O)N[C@@H](C)C(=O)N[C@H](C(=O)NCC#N)Cc3ccc(OCCN)c(c3)-c3cc2ccc3OCCN)cc1. The van der Waals surface area contributed by atoms with E-state index in [1.165, 1.54) is 30.5 Å². The Bertz CT molecular complexity index is 2030. The molecule has 0 radical (unpaired) electrons.